The molecule has 0 radical (unpaired) electrons. The number of benzene rings is 2. The summed E-state index contributed by atoms with van der Waals surface area (Å²) < 4.78 is 5.29. The number of nitrogens with two attached hydrogens (primary N) is 1. The van der Waals surface area contributed by atoms with E-state index >= 15 is 0 Å². The third-order valence-electron chi connectivity index (χ3n) is 3.62. The molecule has 0 saturated heterocycles. The van der Waals surface area contributed by atoms with Crippen molar-refractivity contribution >= 4 is 10.8 Å². The minimum atomic E-state index is -0.105. The molecule has 1 heterocycles. The molecule has 1 unspecified atom stereocenters. The number of methoxy groups -OCH3 is 1. The molecule has 0 aliphatic heterocycles. The smallest absolute Gasteiger partial charge is 0.119 e. The fraction of sp³-hybridized carbons (Fsp3) is 0.118. The van der Waals surface area contributed by atoms with Gasteiger partial charge in [-0.25, -0.2) is 5.43 Å². The van der Waals surface area contributed by atoms with E-state index in [-0.39, 0.29) is 6.04 Å². The molecule has 0 bridgehead atoms. The summed E-state index contributed by atoms with van der Waals surface area (Å²) in [5.74, 6) is 6.63. The predicted octanol–water partition coefficient (Wildman–Crippen LogP) is 2.80. The minimum Gasteiger partial charge on any atom is -0.497 e. The summed E-state index contributed by atoms with van der Waals surface area (Å²) in [6.07, 6.45) is 3.66. The van der Waals surface area contributed by atoms with E-state index < -0.39 is 0 Å². The van der Waals surface area contributed by atoms with Crippen molar-refractivity contribution in [2.75, 3.05) is 7.11 Å². The first-order chi connectivity index (χ1) is 10.3. The van der Waals surface area contributed by atoms with Gasteiger partial charge in [0.05, 0.1) is 13.2 Å². The van der Waals surface area contributed by atoms with Gasteiger partial charge in [0.2, 0.25) is 0 Å². The number of fused-ring (bicyclic) bond motifs is 1. The molecule has 0 aliphatic carbocycles. The Balaban J connectivity index is 2.13. The lowest BCUT2D eigenvalue weighted by Gasteiger charge is -2.19. The summed E-state index contributed by atoms with van der Waals surface area (Å²) in [6, 6.07) is 16.0. The highest BCUT2D eigenvalue weighted by atomic mass is 16.5. The lowest BCUT2D eigenvalue weighted by atomic mass is 9.95. The molecule has 0 spiro atoms. The molecule has 0 amide bonds. The van der Waals surface area contributed by atoms with E-state index in [1.54, 1.807) is 13.3 Å². The van der Waals surface area contributed by atoms with Crippen LogP contribution in [0.15, 0.2) is 60.9 Å². The third kappa shape index (κ3) is 2.59. The number of pyridine rings is 1. The van der Waals surface area contributed by atoms with Gasteiger partial charge in [0.1, 0.15) is 5.75 Å². The molecule has 3 N–H and O–H groups in total. The van der Waals surface area contributed by atoms with Crippen LogP contribution in [0, 0.1) is 0 Å². The summed E-state index contributed by atoms with van der Waals surface area (Å²) in [7, 11) is 1.66. The zero-order valence-electron chi connectivity index (χ0n) is 11.8. The van der Waals surface area contributed by atoms with Crippen molar-refractivity contribution in [3.05, 3.63) is 72.1 Å². The highest BCUT2D eigenvalue weighted by molar-refractivity contribution is 5.85. The maximum absolute atomic E-state index is 5.81. The van der Waals surface area contributed by atoms with Crippen LogP contribution in [0.5, 0.6) is 5.75 Å². The number of rotatable bonds is 4. The molecular weight excluding hydrogens is 262 g/mol. The topological polar surface area (TPSA) is 60.2 Å². The number of aromatic nitrogens is 1. The van der Waals surface area contributed by atoms with E-state index in [1.165, 1.54) is 0 Å². The molecule has 3 rings (SSSR count). The van der Waals surface area contributed by atoms with Crippen molar-refractivity contribution in [1.82, 2.24) is 10.4 Å². The molecule has 106 valence electrons. The summed E-state index contributed by atoms with van der Waals surface area (Å²) in [5, 5.41) is 2.23. The SMILES string of the molecule is COc1cccc(C(NN)c2cccc3cnccc23)c1. The molecule has 4 heteroatoms. The number of hydrogen-bond acceptors (Lipinski definition) is 4. The molecule has 1 aromatic heterocycles. The van der Waals surface area contributed by atoms with Crippen LogP contribution in [0.25, 0.3) is 10.8 Å². The number of nitrogens with one attached hydrogen (secondary N) is 1. The van der Waals surface area contributed by atoms with Crippen LogP contribution in [0.2, 0.25) is 0 Å². The molecule has 3 aromatic rings. The van der Waals surface area contributed by atoms with Crippen molar-refractivity contribution in [2.24, 2.45) is 5.84 Å². The molecule has 21 heavy (non-hydrogen) atoms. The van der Waals surface area contributed by atoms with Crippen molar-refractivity contribution in [3.63, 3.8) is 0 Å². The molecule has 4 nitrogen and oxygen atoms in total. The maximum Gasteiger partial charge on any atom is 0.119 e. The Bertz CT molecular complexity index is 752. The summed E-state index contributed by atoms with van der Waals surface area (Å²) in [5.41, 5.74) is 5.08. The van der Waals surface area contributed by atoms with E-state index in [2.05, 4.69) is 16.5 Å². The zero-order valence-corrected chi connectivity index (χ0v) is 11.8. The Morgan fingerprint density at radius 2 is 2.00 bits per heavy atom. The summed E-state index contributed by atoms with van der Waals surface area (Å²) in [4.78, 5) is 4.17. The number of hydrogen-bond donors (Lipinski definition) is 2. The molecule has 2 aromatic carbocycles. The third-order valence-corrected chi connectivity index (χ3v) is 3.62. The van der Waals surface area contributed by atoms with Crippen LogP contribution < -0.4 is 16.0 Å². The van der Waals surface area contributed by atoms with Gasteiger partial charge in [-0.05, 0) is 34.7 Å². The second-order valence-corrected chi connectivity index (χ2v) is 4.82. The Hall–Kier alpha value is -2.43. The number of ether oxygens (including phenoxy) is 1. The Morgan fingerprint density at radius 3 is 2.81 bits per heavy atom. The Labute approximate surface area is 123 Å². The second kappa shape index (κ2) is 5.91. The summed E-state index contributed by atoms with van der Waals surface area (Å²) in [6.45, 7) is 0. The predicted molar refractivity (Wildman–Crippen MR) is 83.9 cm³/mol. The first-order valence-corrected chi connectivity index (χ1v) is 6.76. The van der Waals surface area contributed by atoms with Gasteiger partial charge in [0, 0.05) is 17.8 Å². The van der Waals surface area contributed by atoms with E-state index in [9.17, 15) is 0 Å². The largest absolute Gasteiger partial charge is 0.497 e. The monoisotopic (exact) mass is 279 g/mol. The van der Waals surface area contributed by atoms with E-state index in [1.807, 2.05) is 48.7 Å². The van der Waals surface area contributed by atoms with E-state index in [0.717, 1.165) is 27.6 Å². The first kappa shape index (κ1) is 13.5. The lowest BCUT2D eigenvalue weighted by Crippen LogP contribution is -2.29. The molecular formula is C17H17N3O. The van der Waals surface area contributed by atoms with Gasteiger partial charge in [-0.3, -0.25) is 10.8 Å². The average molecular weight is 279 g/mol. The quantitative estimate of drug-likeness (QED) is 0.569. The van der Waals surface area contributed by atoms with Crippen LogP contribution in [0.4, 0.5) is 0 Å². The van der Waals surface area contributed by atoms with Gasteiger partial charge < -0.3 is 4.74 Å². The first-order valence-electron chi connectivity index (χ1n) is 6.76. The van der Waals surface area contributed by atoms with Crippen molar-refractivity contribution in [3.8, 4) is 5.75 Å². The van der Waals surface area contributed by atoms with Gasteiger partial charge in [-0.2, -0.15) is 0 Å². The standard InChI is InChI=1S/C17H17N3O/c1-21-14-6-2-4-12(10-14)17(20-18)16-7-3-5-13-11-19-9-8-15(13)16/h2-11,17,20H,18H2,1H3. The fourth-order valence-corrected chi connectivity index (χ4v) is 2.59. The van der Waals surface area contributed by atoms with Crippen LogP contribution >= 0.6 is 0 Å². The van der Waals surface area contributed by atoms with E-state index in [4.69, 9.17) is 10.6 Å². The van der Waals surface area contributed by atoms with Crippen molar-refractivity contribution < 1.29 is 4.74 Å². The molecule has 0 saturated carbocycles. The van der Waals surface area contributed by atoms with Crippen molar-refractivity contribution in [1.29, 1.82) is 0 Å². The highest BCUT2D eigenvalue weighted by Gasteiger charge is 2.15. The number of hydrazine groups is 1. The second-order valence-electron chi connectivity index (χ2n) is 4.82. The van der Waals surface area contributed by atoms with Gasteiger partial charge in [0.15, 0.2) is 0 Å². The highest BCUT2D eigenvalue weighted by Crippen LogP contribution is 2.29. The fourth-order valence-electron chi connectivity index (χ4n) is 2.59. The van der Waals surface area contributed by atoms with Gasteiger partial charge in [0.25, 0.3) is 0 Å². The molecule has 0 fully saturated rings. The number of nitrogens with zero attached hydrogens (tertiary/aromatic N) is 1. The van der Waals surface area contributed by atoms with Crippen molar-refractivity contribution in [2.45, 2.75) is 6.04 Å². The Morgan fingerprint density at radius 1 is 1.14 bits per heavy atom. The normalized spacial score (nSPS) is 12.3. The van der Waals surface area contributed by atoms with Crippen LogP contribution in [0.1, 0.15) is 17.2 Å². The van der Waals surface area contributed by atoms with Gasteiger partial charge in [-0.15, -0.1) is 0 Å². The maximum atomic E-state index is 5.81. The molecule has 1 atom stereocenters. The zero-order chi connectivity index (χ0) is 14.7. The van der Waals surface area contributed by atoms with Crippen LogP contribution in [-0.2, 0) is 0 Å². The van der Waals surface area contributed by atoms with E-state index in [0.29, 0.717) is 0 Å². The Kier molecular flexibility index (Phi) is 3.81. The minimum absolute atomic E-state index is 0.105. The average Bonchev–Trinajstić information content (AvgIpc) is 2.56. The van der Waals surface area contributed by atoms with Crippen LogP contribution in [-0.4, -0.2) is 12.1 Å². The van der Waals surface area contributed by atoms with Gasteiger partial charge >= 0.3 is 0 Å². The summed E-state index contributed by atoms with van der Waals surface area (Å²) >= 11 is 0. The van der Waals surface area contributed by atoms with Crippen LogP contribution in [0.3, 0.4) is 0 Å². The molecule has 0 aliphatic rings. The van der Waals surface area contributed by atoms with Gasteiger partial charge in [-0.1, -0.05) is 30.3 Å². The lowest BCUT2D eigenvalue weighted by molar-refractivity contribution is 0.413.